The lowest BCUT2D eigenvalue weighted by molar-refractivity contribution is -0.143. The Balaban J connectivity index is 1.60. The quantitative estimate of drug-likeness (QED) is 0.681. The van der Waals surface area contributed by atoms with Crippen molar-refractivity contribution in [2.24, 2.45) is 5.41 Å². The molecule has 0 bridgehead atoms. The van der Waals surface area contributed by atoms with Crippen molar-refractivity contribution in [2.45, 2.75) is 65.5 Å². The minimum Gasteiger partial charge on any atom is -0.330 e. The molecule has 1 aromatic carbocycles. The predicted octanol–water partition coefficient (Wildman–Crippen LogP) is 4.96. The van der Waals surface area contributed by atoms with Gasteiger partial charge in [0.05, 0.1) is 6.04 Å². The van der Waals surface area contributed by atoms with Crippen LogP contribution >= 0.6 is 11.3 Å². The van der Waals surface area contributed by atoms with Crippen LogP contribution in [0, 0.1) is 12.3 Å². The van der Waals surface area contributed by atoms with E-state index in [-0.39, 0.29) is 35.9 Å². The molecule has 0 N–H and O–H groups in total. The number of fused-ring (bicyclic) bond motifs is 1. The SMILES string of the molecule is Cc1ccccc1[C@@H]1c2ccsc2CCN1C(=O)CN(C(=O)CC(C)(C)C)C1CC1. The van der Waals surface area contributed by atoms with Gasteiger partial charge in [0.15, 0.2) is 0 Å². The second-order valence-corrected chi connectivity index (χ2v) is 10.9. The Morgan fingerprint density at radius 3 is 2.53 bits per heavy atom. The third kappa shape index (κ3) is 4.46. The second-order valence-electron chi connectivity index (χ2n) is 9.89. The van der Waals surface area contributed by atoms with Gasteiger partial charge in [0, 0.05) is 23.9 Å². The van der Waals surface area contributed by atoms with E-state index >= 15 is 0 Å². The van der Waals surface area contributed by atoms with Crippen molar-refractivity contribution in [3.05, 3.63) is 57.3 Å². The zero-order chi connectivity index (χ0) is 21.5. The molecule has 2 amide bonds. The number of aryl methyl sites for hydroxylation is 1. The Hall–Kier alpha value is -2.14. The highest BCUT2D eigenvalue weighted by Crippen LogP contribution is 2.39. The number of hydrogen-bond acceptors (Lipinski definition) is 3. The number of rotatable bonds is 5. The molecular weight excluding hydrogens is 392 g/mol. The molecular formula is C25H32N2O2S. The summed E-state index contributed by atoms with van der Waals surface area (Å²) in [6, 6.07) is 10.7. The van der Waals surface area contributed by atoms with Gasteiger partial charge in [-0.3, -0.25) is 9.59 Å². The van der Waals surface area contributed by atoms with Crippen LogP contribution in [-0.4, -0.2) is 40.7 Å². The van der Waals surface area contributed by atoms with E-state index in [1.165, 1.54) is 21.6 Å². The van der Waals surface area contributed by atoms with Gasteiger partial charge in [0.25, 0.3) is 0 Å². The number of thiophene rings is 1. The van der Waals surface area contributed by atoms with Crippen LogP contribution in [0.5, 0.6) is 0 Å². The fourth-order valence-electron chi connectivity index (χ4n) is 4.41. The van der Waals surface area contributed by atoms with Gasteiger partial charge in [-0.25, -0.2) is 0 Å². The molecule has 2 heterocycles. The molecule has 1 aromatic heterocycles. The number of nitrogens with zero attached hydrogens (tertiary/aromatic N) is 2. The van der Waals surface area contributed by atoms with E-state index in [0.29, 0.717) is 13.0 Å². The molecule has 0 unspecified atom stereocenters. The molecule has 1 fully saturated rings. The molecule has 1 atom stereocenters. The van der Waals surface area contributed by atoms with Gasteiger partial charge < -0.3 is 9.80 Å². The molecule has 0 saturated heterocycles. The van der Waals surface area contributed by atoms with Crippen molar-refractivity contribution in [1.29, 1.82) is 0 Å². The first-order valence-corrected chi connectivity index (χ1v) is 11.8. The van der Waals surface area contributed by atoms with Crippen molar-refractivity contribution in [2.75, 3.05) is 13.1 Å². The number of carbonyl (C=O) groups is 2. The predicted molar refractivity (Wildman–Crippen MR) is 122 cm³/mol. The van der Waals surface area contributed by atoms with Crippen molar-refractivity contribution in [3.8, 4) is 0 Å². The van der Waals surface area contributed by atoms with Crippen molar-refractivity contribution in [3.63, 3.8) is 0 Å². The summed E-state index contributed by atoms with van der Waals surface area (Å²) in [6.07, 6.45) is 3.39. The van der Waals surface area contributed by atoms with E-state index in [9.17, 15) is 9.59 Å². The van der Waals surface area contributed by atoms with E-state index in [2.05, 4.69) is 57.3 Å². The van der Waals surface area contributed by atoms with Crippen LogP contribution in [0.15, 0.2) is 35.7 Å². The van der Waals surface area contributed by atoms with Crippen molar-refractivity contribution in [1.82, 2.24) is 9.80 Å². The van der Waals surface area contributed by atoms with E-state index in [1.54, 1.807) is 11.3 Å². The Bertz CT molecular complexity index is 939. The monoisotopic (exact) mass is 424 g/mol. The average molecular weight is 425 g/mol. The minimum atomic E-state index is -0.0757. The van der Waals surface area contributed by atoms with Crippen LogP contribution in [0.4, 0.5) is 0 Å². The number of amides is 2. The van der Waals surface area contributed by atoms with Crippen LogP contribution < -0.4 is 0 Å². The lowest BCUT2D eigenvalue weighted by Gasteiger charge is -2.38. The first kappa shape index (κ1) is 21.1. The summed E-state index contributed by atoms with van der Waals surface area (Å²) in [5.41, 5.74) is 3.55. The van der Waals surface area contributed by atoms with Gasteiger partial charge in [-0.2, -0.15) is 0 Å². The highest BCUT2D eigenvalue weighted by Gasteiger charge is 2.39. The second kappa shape index (κ2) is 8.18. The Morgan fingerprint density at radius 2 is 1.87 bits per heavy atom. The fourth-order valence-corrected chi connectivity index (χ4v) is 5.32. The van der Waals surface area contributed by atoms with Gasteiger partial charge in [0.2, 0.25) is 11.8 Å². The Kier molecular flexibility index (Phi) is 5.75. The van der Waals surface area contributed by atoms with Crippen LogP contribution in [0.3, 0.4) is 0 Å². The van der Waals surface area contributed by atoms with Gasteiger partial charge in [-0.15, -0.1) is 11.3 Å². The largest absolute Gasteiger partial charge is 0.330 e. The molecule has 2 aliphatic rings. The molecule has 2 aromatic rings. The van der Waals surface area contributed by atoms with Gasteiger partial charge in [-0.1, -0.05) is 45.0 Å². The smallest absolute Gasteiger partial charge is 0.243 e. The van der Waals surface area contributed by atoms with E-state index in [0.717, 1.165) is 19.3 Å². The molecule has 5 heteroatoms. The van der Waals surface area contributed by atoms with Crippen LogP contribution in [0.1, 0.15) is 67.6 Å². The minimum absolute atomic E-state index is 0.0625. The standard InChI is InChI=1S/C25H32N2O2S/c1-17-7-5-6-8-19(17)24-20-12-14-30-21(20)11-13-26(24)23(29)16-27(18-9-10-18)22(28)15-25(2,3)4/h5-8,12,14,18,24H,9-11,13,15-16H2,1-4H3/t24-/m1/s1. The van der Waals surface area contributed by atoms with Gasteiger partial charge >= 0.3 is 0 Å². The summed E-state index contributed by atoms with van der Waals surface area (Å²) in [4.78, 5) is 31.8. The van der Waals surface area contributed by atoms with Crippen LogP contribution in [-0.2, 0) is 16.0 Å². The Morgan fingerprint density at radius 1 is 1.13 bits per heavy atom. The Labute approximate surface area is 183 Å². The van der Waals surface area contributed by atoms with Crippen LogP contribution in [0.25, 0.3) is 0 Å². The third-order valence-corrected chi connectivity index (χ3v) is 7.06. The molecule has 4 nitrogen and oxygen atoms in total. The lowest BCUT2D eigenvalue weighted by atomic mass is 9.90. The third-order valence-electron chi connectivity index (χ3n) is 6.06. The molecule has 1 saturated carbocycles. The lowest BCUT2D eigenvalue weighted by Crippen LogP contribution is -2.48. The summed E-state index contributed by atoms with van der Waals surface area (Å²) in [7, 11) is 0. The van der Waals surface area contributed by atoms with Crippen LogP contribution in [0.2, 0.25) is 0 Å². The first-order valence-electron chi connectivity index (χ1n) is 11.0. The van der Waals surface area contributed by atoms with Crippen molar-refractivity contribution < 1.29 is 9.59 Å². The summed E-state index contributed by atoms with van der Waals surface area (Å²) in [5.74, 6) is 0.174. The van der Waals surface area contributed by atoms with Crippen molar-refractivity contribution >= 4 is 23.2 Å². The molecule has 0 spiro atoms. The summed E-state index contributed by atoms with van der Waals surface area (Å²) < 4.78 is 0. The zero-order valence-electron chi connectivity index (χ0n) is 18.5. The number of carbonyl (C=O) groups excluding carboxylic acids is 2. The van der Waals surface area contributed by atoms with E-state index in [4.69, 9.17) is 0 Å². The molecule has 160 valence electrons. The molecule has 1 aliphatic carbocycles. The maximum absolute atomic E-state index is 13.6. The molecule has 0 radical (unpaired) electrons. The summed E-state index contributed by atoms with van der Waals surface area (Å²) >= 11 is 1.78. The maximum atomic E-state index is 13.6. The highest BCUT2D eigenvalue weighted by atomic mass is 32.1. The first-order chi connectivity index (χ1) is 14.2. The molecule has 4 rings (SSSR count). The average Bonchev–Trinajstić information content (AvgIpc) is 3.40. The normalized spacial score (nSPS) is 18.8. The maximum Gasteiger partial charge on any atom is 0.243 e. The topological polar surface area (TPSA) is 40.6 Å². The van der Waals surface area contributed by atoms with Gasteiger partial charge in [0.1, 0.15) is 6.54 Å². The highest BCUT2D eigenvalue weighted by molar-refractivity contribution is 7.10. The molecule has 30 heavy (non-hydrogen) atoms. The van der Waals surface area contributed by atoms with E-state index in [1.807, 2.05) is 15.9 Å². The molecule has 1 aliphatic heterocycles. The summed E-state index contributed by atoms with van der Waals surface area (Å²) in [5, 5.41) is 2.13. The van der Waals surface area contributed by atoms with E-state index < -0.39 is 0 Å². The number of benzene rings is 1. The summed E-state index contributed by atoms with van der Waals surface area (Å²) in [6.45, 7) is 9.25. The zero-order valence-corrected chi connectivity index (χ0v) is 19.3. The van der Waals surface area contributed by atoms with Gasteiger partial charge in [-0.05, 0) is 59.7 Å². The number of hydrogen-bond donors (Lipinski definition) is 0. The fraction of sp³-hybridized carbons (Fsp3) is 0.520.